The fourth-order valence-corrected chi connectivity index (χ4v) is 5.28. The monoisotopic (exact) mass is 468 g/mol. The second-order valence-corrected chi connectivity index (χ2v) is 9.81. The van der Waals surface area contributed by atoms with Crippen molar-refractivity contribution in [3.8, 4) is 11.1 Å². The number of hydrogen-bond donors (Lipinski definition) is 1. The number of nitrogens with zero attached hydrogens (tertiary/aromatic N) is 1. The predicted molar refractivity (Wildman–Crippen MR) is 128 cm³/mol. The zero-order valence-electron chi connectivity index (χ0n) is 17.7. The summed E-state index contributed by atoms with van der Waals surface area (Å²) < 4.78 is 34.6. The van der Waals surface area contributed by atoms with E-state index < -0.39 is 10.0 Å². The van der Waals surface area contributed by atoms with Gasteiger partial charge in [0.15, 0.2) is 0 Å². The number of para-hydroxylation sites is 1. The molecule has 3 aromatic rings. The molecule has 0 unspecified atom stereocenters. The van der Waals surface area contributed by atoms with Crippen LogP contribution >= 0.6 is 11.8 Å². The Labute approximate surface area is 192 Å². The highest BCUT2D eigenvalue weighted by molar-refractivity contribution is 7.98. The summed E-state index contributed by atoms with van der Waals surface area (Å²) in [6.45, 7) is 1.95. The summed E-state index contributed by atoms with van der Waals surface area (Å²) >= 11 is 1.42. The first kappa shape index (κ1) is 22.4. The van der Waals surface area contributed by atoms with E-state index in [0.29, 0.717) is 37.6 Å². The number of rotatable bonds is 6. The molecule has 4 rings (SSSR count). The molecule has 166 valence electrons. The van der Waals surface area contributed by atoms with Gasteiger partial charge in [-0.25, -0.2) is 8.42 Å². The zero-order valence-corrected chi connectivity index (χ0v) is 19.3. The number of hydrogen-bond acceptors (Lipinski definition) is 5. The third kappa shape index (κ3) is 4.82. The van der Waals surface area contributed by atoms with Crippen molar-refractivity contribution in [1.82, 2.24) is 4.90 Å². The van der Waals surface area contributed by atoms with Crippen molar-refractivity contribution in [2.45, 2.75) is 9.79 Å². The average molecular weight is 469 g/mol. The van der Waals surface area contributed by atoms with Crippen molar-refractivity contribution >= 4 is 33.4 Å². The summed E-state index contributed by atoms with van der Waals surface area (Å²) in [4.78, 5) is 15.6. The molecule has 0 bridgehead atoms. The topological polar surface area (TPSA) is 75.7 Å². The first-order valence-electron chi connectivity index (χ1n) is 10.2. The number of morpholine rings is 1. The van der Waals surface area contributed by atoms with Gasteiger partial charge in [0.05, 0.1) is 29.4 Å². The standard InChI is InChI=1S/C24H24N2O4S2/c1-31-23-12-11-19(17-21(23)24(27)26-13-15-30-16-14-26)32(28,29)25-22-10-6-5-9-20(22)18-7-3-2-4-8-18/h2-12,17,25H,13-16H2,1H3. The van der Waals surface area contributed by atoms with E-state index in [0.717, 1.165) is 16.0 Å². The Morgan fingerprint density at radius 2 is 1.66 bits per heavy atom. The third-order valence-corrected chi connectivity index (χ3v) is 7.43. The van der Waals surface area contributed by atoms with Gasteiger partial charge < -0.3 is 9.64 Å². The lowest BCUT2D eigenvalue weighted by molar-refractivity contribution is 0.0300. The van der Waals surface area contributed by atoms with Gasteiger partial charge in [0.2, 0.25) is 0 Å². The van der Waals surface area contributed by atoms with Crippen LogP contribution in [0.2, 0.25) is 0 Å². The lowest BCUT2D eigenvalue weighted by Gasteiger charge is -2.27. The van der Waals surface area contributed by atoms with Crippen LogP contribution in [0, 0.1) is 0 Å². The molecule has 1 saturated heterocycles. The van der Waals surface area contributed by atoms with Crippen LogP contribution in [0.25, 0.3) is 11.1 Å². The van der Waals surface area contributed by atoms with Gasteiger partial charge in [-0.1, -0.05) is 48.5 Å². The van der Waals surface area contributed by atoms with Gasteiger partial charge in [-0.15, -0.1) is 11.8 Å². The third-order valence-electron chi connectivity index (χ3n) is 5.27. The Balaban J connectivity index is 1.67. The highest BCUT2D eigenvalue weighted by Gasteiger charge is 2.24. The number of thioether (sulfide) groups is 1. The second kappa shape index (κ2) is 9.77. The molecule has 1 aliphatic rings. The highest BCUT2D eigenvalue weighted by atomic mass is 32.2. The van der Waals surface area contributed by atoms with E-state index in [1.165, 1.54) is 23.9 Å². The lowest BCUT2D eigenvalue weighted by atomic mass is 10.0. The molecule has 32 heavy (non-hydrogen) atoms. The van der Waals surface area contributed by atoms with Crippen molar-refractivity contribution < 1.29 is 17.9 Å². The van der Waals surface area contributed by atoms with Crippen LogP contribution in [0.1, 0.15) is 10.4 Å². The maximum absolute atomic E-state index is 13.3. The Morgan fingerprint density at radius 3 is 2.38 bits per heavy atom. The molecule has 8 heteroatoms. The molecule has 1 fully saturated rings. The predicted octanol–water partition coefficient (Wildman–Crippen LogP) is 4.35. The van der Waals surface area contributed by atoms with Crippen LogP contribution in [0.15, 0.2) is 82.6 Å². The highest BCUT2D eigenvalue weighted by Crippen LogP contribution is 2.31. The largest absolute Gasteiger partial charge is 0.378 e. The summed E-state index contributed by atoms with van der Waals surface area (Å²) in [5.41, 5.74) is 2.56. The SMILES string of the molecule is CSc1ccc(S(=O)(=O)Nc2ccccc2-c2ccccc2)cc1C(=O)N1CCOCC1. The van der Waals surface area contributed by atoms with E-state index in [-0.39, 0.29) is 10.8 Å². The van der Waals surface area contributed by atoms with Crippen LogP contribution in [0.4, 0.5) is 5.69 Å². The second-order valence-electron chi connectivity index (χ2n) is 7.28. The van der Waals surface area contributed by atoms with Crippen molar-refractivity contribution in [2.24, 2.45) is 0 Å². The summed E-state index contributed by atoms with van der Waals surface area (Å²) in [5, 5.41) is 0. The zero-order chi connectivity index (χ0) is 22.6. The minimum absolute atomic E-state index is 0.0507. The smallest absolute Gasteiger partial charge is 0.261 e. The van der Waals surface area contributed by atoms with Crippen molar-refractivity contribution in [2.75, 3.05) is 37.3 Å². The van der Waals surface area contributed by atoms with Crippen LogP contribution in [-0.2, 0) is 14.8 Å². The van der Waals surface area contributed by atoms with Crippen LogP contribution in [0.3, 0.4) is 0 Å². The molecule has 0 spiro atoms. The Kier molecular flexibility index (Phi) is 6.83. The summed E-state index contributed by atoms with van der Waals surface area (Å²) in [6.07, 6.45) is 1.87. The Morgan fingerprint density at radius 1 is 0.969 bits per heavy atom. The van der Waals surface area contributed by atoms with Crippen molar-refractivity contribution in [1.29, 1.82) is 0 Å². The number of ether oxygens (including phenoxy) is 1. The molecular formula is C24H24N2O4S2. The van der Waals surface area contributed by atoms with Crippen LogP contribution in [0.5, 0.6) is 0 Å². The number of amides is 1. The molecule has 1 heterocycles. The first-order chi connectivity index (χ1) is 15.5. The van der Waals surface area contributed by atoms with Gasteiger partial charge in [-0.05, 0) is 36.1 Å². The first-order valence-corrected chi connectivity index (χ1v) is 12.9. The van der Waals surface area contributed by atoms with Crippen molar-refractivity contribution in [3.05, 3.63) is 78.4 Å². The summed E-state index contributed by atoms with van der Waals surface area (Å²) in [7, 11) is -3.91. The van der Waals surface area contributed by atoms with Gasteiger partial charge in [-0.2, -0.15) is 0 Å². The van der Waals surface area contributed by atoms with E-state index in [1.807, 2.05) is 48.7 Å². The van der Waals surface area contributed by atoms with Crippen LogP contribution < -0.4 is 4.72 Å². The minimum Gasteiger partial charge on any atom is -0.378 e. The molecule has 0 radical (unpaired) electrons. The molecule has 1 N–H and O–H groups in total. The van der Waals surface area contributed by atoms with Gasteiger partial charge in [-0.3, -0.25) is 9.52 Å². The summed E-state index contributed by atoms with van der Waals surface area (Å²) in [6, 6.07) is 21.5. The van der Waals surface area contributed by atoms with Gasteiger partial charge >= 0.3 is 0 Å². The van der Waals surface area contributed by atoms with Gasteiger partial charge in [0.25, 0.3) is 15.9 Å². The quantitative estimate of drug-likeness (QED) is 0.545. The molecule has 1 amide bonds. The Bertz CT molecular complexity index is 1210. The van der Waals surface area contributed by atoms with Gasteiger partial charge in [0, 0.05) is 23.5 Å². The molecule has 0 atom stereocenters. The van der Waals surface area contributed by atoms with E-state index in [1.54, 1.807) is 23.1 Å². The van der Waals surface area contributed by atoms with E-state index >= 15 is 0 Å². The molecule has 6 nitrogen and oxygen atoms in total. The number of sulfonamides is 1. The average Bonchev–Trinajstić information content (AvgIpc) is 2.84. The summed E-state index contributed by atoms with van der Waals surface area (Å²) in [5.74, 6) is -0.181. The molecular weight excluding hydrogens is 444 g/mol. The maximum Gasteiger partial charge on any atom is 0.261 e. The normalized spacial score (nSPS) is 14.2. The fraction of sp³-hybridized carbons (Fsp3) is 0.208. The van der Waals surface area contributed by atoms with E-state index in [9.17, 15) is 13.2 Å². The maximum atomic E-state index is 13.3. The van der Waals surface area contributed by atoms with E-state index in [2.05, 4.69) is 4.72 Å². The number of anilines is 1. The van der Waals surface area contributed by atoms with Crippen LogP contribution in [-0.4, -0.2) is 51.8 Å². The molecule has 3 aromatic carbocycles. The van der Waals surface area contributed by atoms with Crippen molar-refractivity contribution in [3.63, 3.8) is 0 Å². The number of nitrogens with one attached hydrogen (secondary N) is 1. The number of carbonyl (C=O) groups excluding carboxylic acids is 1. The molecule has 0 aliphatic carbocycles. The lowest BCUT2D eigenvalue weighted by Crippen LogP contribution is -2.41. The minimum atomic E-state index is -3.91. The molecule has 0 saturated carbocycles. The number of benzene rings is 3. The molecule has 0 aromatic heterocycles. The Hall–Kier alpha value is -2.81. The fourth-order valence-electron chi connectivity index (χ4n) is 3.60. The molecule has 1 aliphatic heterocycles. The number of carbonyl (C=O) groups is 1. The van der Waals surface area contributed by atoms with E-state index in [4.69, 9.17) is 4.74 Å². The van der Waals surface area contributed by atoms with Gasteiger partial charge in [0.1, 0.15) is 0 Å².